The Bertz CT molecular complexity index is 923. The monoisotopic (exact) mass is 360 g/mol. The highest BCUT2D eigenvalue weighted by Gasteiger charge is 2.22. The van der Waals surface area contributed by atoms with Crippen molar-refractivity contribution in [1.29, 1.82) is 0 Å². The van der Waals surface area contributed by atoms with E-state index >= 15 is 0 Å². The lowest BCUT2D eigenvalue weighted by atomic mass is 9.97. The molecule has 0 unspecified atom stereocenters. The van der Waals surface area contributed by atoms with Crippen LogP contribution in [0.15, 0.2) is 32.8 Å². The second-order valence-electron chi connectivity index (χ2n) is 6.42. The summed E-state index contributed by atoms with van der Waals surface area (Å²) in [5.41, 5.74) is 1.33. The smallest absolute Gasteiger partial charge is 0.263 e. The van der Waals surface area contributed by atoms with Gasteiger partial charge < -0.3 is 4.42 Å². The van der Waals surface area contributed by atoms with Crippen LogP contribution in [-0.2, 0) is 19.4 Å². The van der Waals surface area contributed by atoms with Crippen LogP contribution in [0.5, 0.6) is 0 Å². The lowest BCUT2D eigenvalue weighted by Gasteiger charge is -2.13. The van der Waals surface area contributed by atoms with E-state index in [1.54, 1.807) is 33.9 Å². The second kappa shape index (κ2) is 6.41. The molecule has 0 amide bonds. The summed E-state index contributed by atoms with van der Waals surface area (Å²) in [7, 11) is 0. The zero-order valence-electron chi connectivity index (χ0n) is 13.9. The Morgan fingerprint density at radius 1 is 1.38 bits per heavy atom. The van der Waals surface area contributed by atoms with Gasteiger partial charge in [0.25, 0.3) is 5.56 Å². The fourth-order valence-corrected chi connectivity index (χ4v) is 5.37. The number of rotatable bonds is 4. The molecular formula is C18H20N2O2S2. The molecule has 0 radical (unpaired) electrons. The van der Waals surface area contributed by atoms with Crippen LogP contribution in [0.25, 0.3) is 10.2 Å². The minimum absolute atomic E-state index is 0.0824. The van der Waals surface area contributed by atoms with Crippen molar-refractivity contribution in [2.24, 2.45) is 0 Å². The molecule has 0 aromatic carbocycles. The minimum atomic E-state index is 0.0824. The van der Waals surface area contributed by atoms with Crippen LogP contribution in [0.2, 0.25) is 0 Å². The van der Waals surface area contributed by atoms with Gasteiger partial charge in [0, 0.05) is 10.1 Å². The third-order valence-corrected chi connectivity index (χ3v) is 6.45. The van der Waals surface area contributed by atoms with E-state index in [2.05, 4.69) is 13.8 Å². The zero-order valence-corrected chi connectivity index (χ0v) is 15.5. The van der Waals surface area contributed by atoms with E-state index in [1.807, 2.05) is 12.1 Å². The molecule has 4 rings (SSSR count). The first-order valence-corrected chi connectivity index (χ1v) is 10.1. The van der Waals surface area contributed by atoms with Crippen LogP contribution < -0.4 is 5.56 Å². The molecule has 3 aromatic rings. The summed E-state index contributed by atoms with van der Waals surface area (Å²) in [4.78, 5) is 20.4. The molecule has 0 fully saturated rings. The number of nitrogens with zero attached hydrogens (tertiary/aromatic N) is 2. The van der Waals surface area contributed by atoms with Crippen molar-refractivity contribution >= 4 is 33.3 Å². The molecule has 126 valence electrons. The van der Waals surface area contributed by atoms with E-state index in [9.17, 15) is 4.79 Å². The van der Waals surface area contributed by atoms with Crippen molar-refractivity contribution in [3.8, 4) is 0 Å². The van der Waals surface area contributed by atoms with Gasteiger partial charge in [-0.3, -0.25) is 9.36 Å². The Hall–Kier alpha value is -1.53. The molecule has 3 heterocycles. The summed E-state index contributed by atoms with van der Waals surface area (Å²) in [5.74, 6) is 0.785. The highest BCUT2D eigenvalue weighted by atomic mass is 32.2. The molecule has 6 heteroatoms. The Labute approximate surface area is 148 Å². The van der Waals surface area contributed by atoms with Crippen LogP contribution in [-0.4, -0.2) is 14.8 Å². The number of hydrogen-bond donors (Lipinski definition) is 0. The van der Waals surface area contributed by atoms with E-state index in [0.29, 0.717) is 11.8 Å². The lowest BCUT2D eigenvalue weighted by molar-refractivity contribution is 0.476. The van der Waals surface area contributed by atoms with E-state index in [1.165, 1.54) is 23.3 Å². The van der Waals surface area contributed by atoms with Gasteiger partial charge in [-0.15, -0.1) is 11.3 Å². The van der Waals surface area contributed by atoms with Crippen molar-refractivity contribution in [3.63, 3.8) is 0 Å². The molecule has 0 spiro atoms. The van der Waals surface area contributed by atoms with Crippen molar-refractivity contribution in [1.82, 2.24) is 9.55 Å². The van der Waals surface area contributed by atoms with Crippen LogP contribution in [0, 0.1) is 0 Å². The third kappa shape index (κ3) is 2.82. The molecule has 0 aliphatic heterocycles. The molecule has 3 aromatic heterocycles. The maximum absolute atomic E-state index is 13.3. The first-order valence-electron chi connectivity index (χ1n) is 8.37. The van der Waals surface area contributed by atoms with Gasteiger partial charge in [-0.25, -0.2) is 4.98 Å². The Kier molecular flexibility index (Phi) is 4.26. The summed E-state index contributed by atoms with van der Waals surface area (Å²) in [5, 5.41) is 2.00. The van der Waals surface area contributed by atoms with E-state index in [-0.39, 0.29) is 5.56 Å². The van der Waals surface area contributed by atoms with E-state index < -0.39 is 0 Å². The number of thioether (sulfide) groups is 1. The standard InChI is InChI=1S/C18H20N2O2S2/c1-11(2)23-18-19-16-15(13-7-3-4-8-14(13)24-16)17(21)20(18)10-12-6-5-9-22-12/h5-6,9,11H,3-4,7-8,10H2,1-2H3. The number of furan rings is 1. The predicted molar refractivity (Wildman–Crippen MR) is 99.3 cm³/mol. The van der Waals surface area contributed by atoms with Gasteiger partial charge >= 0.3 is 0 Å². The van der Waals surface area contributed by atoms with Crippen molar-refractivity contribution in [3.05, 3.63) is 45.0 Å². The fraction of sp³-hybridized carbons (Fsp3) is 0.444. The van der Waals surface area contributed by atoms with Crippen LogP contribution in [0.1, 0.15) is 42.9 Å². The minimum Gasteiger partial charge on any atom is -0.467 e. The molecule has 24 heavy (non-hydrogen) atoms. The number of thiophene rings is 1. The number of hydrogen-bond acceptors (Lipinski definition) is 5. The normalized spacial score (nSPS) is 14.5. The number of aryl methyl sites for hydroxylation is 2. The first kappa shape index (κ1) is 16.0. The molecular weight excluding hydrogens is 340 g/mol. The lowest BCUT2D eigenvalue weighted by Crippen LogP contribution is -2.24. The maximum atomic E-state index is 13.3. The van der Waals surface area contributed by atoms with Gasteiger partial charge in [-0.1, -0.05) is 25.6 Å². The summed E-state index contributed by atoms with van der Waals surface area (Å²) in [6.07, 6.45) is 6.12. The van der Waals surface area contributed by atoms with Crippen molar-refractivity contribution in [2.75, 3.05) is 0 Å². The average molecular weight is 361 g/mol. The summed E-state index contributed by atoms with van der Waals surface area (Å²) < 4.78 is 7.25. The van der Waals surface area contributed by atoms with Gasteiger partial charge in [-0.05, 0) is 43.4 Å². The molecule has 1 aliphatic rings. The molecule has 0 bridgehead atoms. The number of aromatic nitrogens is 2. The summed E-state index contributed by atoms with van der Waals surface area (Å²) in [6.45, 7) is 4.68. The Morgan fingerprint density at radius 2 is 2.21 bits per heavy atom. The highest BCUT2D eigenvalue weighted by molar-refractivity contribution is 7.99. The molecule has 0 saturated heterocycles. The molecule has 0 saturated carbocycles. The van der Waals surface area contributed by atoms with Gasteiger partial charge in [0.05, 0.1) is 18.2 Å². The van der Waals surface area contributed by atoms with Crippen LogP contribution in [0.3, 0.4) is 0 Å². The zero-order chi connectivity index (χ0) is 16.7. The SMILES string of the molecule is CC(C)Sc1nc2sc3c(c2c(=O)n1Cc1ccco1)CCCC3. The highest BCUT2D eigenvalue weighted by Crippen LogP contribution is 2.35. The van der Waals surface area contributed by atoms with Gasteiger partial charge in [0.2, 0.25) is 0 Å². The molecule has 0 N–H and O–H groups in total. The summed E-state index contributed by atoms with van der Waals surface area (Å²) in [6, 6.07) is 3.76. The van der Waals surface area contributed by atoms with Crippen LogP contribution in [0.4, 0.5) is 0 Å². The predicted octanol–water partition coefficient (Wildman–Crippen LogP) is 4.48. The quantitative estimate of drug-likeness (QED) is 0.508. The Morgan fingerprint density at radius 3 is 2.96 bits per heavy atom. The van der Waals surface area contributed by atoms with E-state index in [4.69, 9.17) is 9.40 Å². The topological polar surface area (TPSA) is 48.0 Å². The molecule has 1 aliphatic carbocycles. The summed E-state index contributed by atoms with van der Waals surface area (Å²) >= 11 is 3.35. The van der Waals surface area contributed by atoms with Crippen molar-refractivity contribution < 1.29 is 4.42 Å². The maximum Gasteiger partial charge on any atom is 0.263 e. The average Bonchev–Trinajstić information content (AvgIpc) is 3.17. The van der Waals surface area contributed by atoms with Gasteiger partial charge in [-0.2, -0.15) is 0 Å². The van der Waals surface area contributed by atoms with Gasteiger partial charge in [0.15, 0.2) is 5.16 Å². The fourth-order valence-electron chi connectivity index (χ4n) is 3.22. The second-order valence-corrected chi connectivity index (χ2v) is 9.05. The third-order valence-electron chi connectivity index (χ3n) is 4.27. The van der Waals surface area contributed by atoms with Crippen LogP contribution >= 0.6 is 23.1 Å². The largest absolute Gasteiger partial charge is 0.467 e. The number of fused-ring (bicyclic) bond motifs is 3. The Balaban J connectivity index is 1.92. The molecule has 4 nitrogen and oxygen atoms in total. The molecule has 0 atom stereocenters. The van der Waals surface area contributed by atoms with E-state index in [0.717, 1.165) is 34.0 Å². The first-order chi connectivity index (χ1) is 11.6. The van der Waals surface area contributed by atoms with Crippen molar-refractivity contribution in [2.45, 2.75) is 56.5 Å². The van der Waals surface area contributed by atoms with Gasteiger partial charge in [0.1, 0.15) is 10.6 Å².